The van der Waals surface area contributed by atoms with Gasteiger partial charge >= 0.3 is 0 Å². The van der Waals surface area contributed by atoms with Gasteiger partial charge in [-0.1, -0.05) is 74.5 Å². The van der Waals surface area contributed by atoms with Crippen molar-refractivity contribution in [3.8, 4) is 0 Å². The highest BCUT2D eigenvalue weighted by Crippen LogP contribution is 2.24. The summed E-state index contributed by atoms with van der Waals surface area (Å²) in [4.78, 5) is 2.61. The number of likely N-dealkylation sites (tertiary alicyclic amines) is 1. The van der Waals surface area contributed by atoms with Gasteiger partial charge in [0.1, 0.15) is 0 Å². The van der Waals surface area contributed by atoms with E-state index < -0.39 is 0 Å². The van der Waals surface area contributed by atoms with Crippen LogP contribution in [0.2, 0.25) is 0 Å². The Morgan fingerprint density at radius 3 is 2.36 bits per heavy atom. The lowest BCUT2D eigenvalue weighted by Crippen LogP contribution is -2.46. The number of benzene rings is 2. The number of piperidine rings is 1. The van der Waals surface area contributed by atoms with Crippen LogP contribution in [0.25, 0.3) is 0 Å². The Kier molecular flexibility index (Phi) is 6.66. The molecule has 2 nitrogen and oxygen atoms in total. The fourth-order valence-corrected chi connectivity index (χ4v) is 3.92. The van der Waals surface area contributed by atoms with Crippen molar-refractivity contribution in [3.05, 3.63) is 71.8 Å². The minimum absolute atomic E-state index is 0.461. The van der Waals surface area contributed by atoms with E-state index in [-0.39, 0.29) is 0 Å². The maximum absolute atomic E-state index is 3.98. The molecule has 0 spiro atoms. The smallest absolute Gasteiger partial charge is 0.0325 e. The average Bonchev–Trinajstić information content (AvgIpc) is 2.63. The van der Waals surface area contributed by atoms with E-state index in [0.717, 1.165) is 13.1 Å². The van der Waals surface area contributed by atoms with Crippen molar-refractivity contribution in [1.82, 2.24) is 10.2 Å². The van der Waals surface area contributed by atoms with Crippen LogP contribution >= 0.6 is 0 Å². The van der Waals surface area contributed by atoms with Crippen molar-refractivity contribution in [2.45, 2.75) is 51.7 Å². The molecule has 1 aliphatic rings. The molecule has 2 atom stereocenters. The third-order valence-corrected chi connectivity index (χ3v) is 5.10. The molecule has 134 valence electrons. The molecule has 1 saturated heterocycles. The number of nitrogens with one attached hydrogen (secondary N) is 1. The molecule has 25 heavy (non-hydrogen) atoms. The van der Waals surface area contributed by atoms with E-state index in [1.165, 1.54) is 36.9 Å². The Balaban J connectivity index is 1.61. The van der Waals surface area contributed by atoms with Crippen LogP contribution in [0.3, 0.4) is 0 Å². The molecule has 2 unspecified atom stereocenters. The topological polar surface area (TPSA) is 15.3 Å². The van der Waals surface area contributed by atoms with Crippen molar-refractivity contribution in [3.63, 3.8) is 0 Å². The van der Waals surface area contributed by atoms with Crippen molar-refractivity contribution in [2.75, 3.05) is 13.1 Å². The van der Waals surface area contributed by atoms with E-state index in [9.17, 15) is 0 Å². The second kappa shape index (κ2) is 9.17. The van der Waals surface area contributed by atoms with Gasteiger partial charge in [-0.15, -0.1) is 0 Å². The highest BCUT2D eigenvalue weighted by Gasteiger charge is 2.23. The highest BCUT2D eigenvalue weighted by molar-refractivity contribution is 5.19. The summed E-state index contributed by atoms with van der Waals surface area (Å²) in [6.07, 6.45) is 3.76. The fraction of sp³-hybridized carbons (Fsp3) is 0.478. The molecule has 1 fully saturated rings. The summed E-state index contributed by atoms with van der Waals surface area (Å²) in [6.45, 7) is 8.07. The summed E-state index contributed by atoms with van der Waals surface area (Å²) in [6, 6.07) is 22.9. The SMILES string of the molecule is CC(C)CC(NC1CCCN(Cc2ccccc2)C1)c1ccccc1. The zero-order valence-electron chi connectivity index (χ0n) is 15.7. The van der Waals surface area contributed by atoms with E-state index in [0.29, 0.717) is 18.0 Å². The Hall–Kier alpha value is -1.64. The first kappa shape index (κ1) is 18.2. The molecule has 2 heteroatoms. The van der Waals surface area contributed by atoms with E-state index in [1.807, 2.05) is 0 Å². The third kappa shape index (κ3) is 5.69. The Morgan fingerprint density at radius 2 is 1.68 bits per heavy atom. The first-order chi connectivity index (χ1) is 12.2. The van der Waals surface area contributed by atoms with Gasteiger partial charge in [-0.25, -0.2) is 0 Å². The minimum Gasteiger partial charge on any atom is -0.306 e. The quantitative estimate of drug-likeness (QED) is 0.763. The maximum Gasteiger partial charge on any atom is 0.0325 e. The average molecular weight is 337 g/mol. The van der Waals surface area contributed by atoms with Gasteiger partial charge in [0, 0.05) is 25.2 Å². The maximum atomic E-state index is 3.98. The second-order valence-electron chi connectivity index (χ2n) is 7.82. The molecule has 3 rings (SSSR count). The lowest BCUT2D eigenvalue weighted by atomic mass is 9.94. The van der Waals surface area contributed by atoms with Crippen molar-refractivity contribution >= 4 is 0 Å². The first-order valence-corrected chi connectivity index (χ1v) is 9.78. The molecule has 1 heterocycles. The van der Waals surface area contributed by atoms with Gasteiger partial charge in [0.05, 0.1) is 0 Å². The van der Waals surface area contributed by atoms with Crippen LogP contribution in [0.4, 0.5) is 0 Å². The van der Waals surface area contributed by atoms with Gasteiger partial charge in [-0.3, -0.25) is 4.90 Å². The predicted octanol–water partition coefficient (Wildman–Crippen LogP) is 5.03. The zero-order valence-corrected chi connectivity index (χ0v) is 15.7. The van der Waals surface area contributed by atoms with Crippen molar-refractivity contribution < 1.29 is 0 Å². The molecule has 0 amide bonds. The molecular weight excluding hydrogens is 304 g/mol. The van der Waals surface area contributed by atoms with Crippen LogP contribution < -0.4 is 5.32 Å². The van der Waals surface area contributed by atoms with Crippen LogP contribution in [0, 0.1) is 5.92 Å². The summed E-state index contributed by atoms with van der Waals surface area (Å²) in [5, 5.41) is 3.98. The van der Waals surface area contributed by atoms with Crippen LogP contribution in [-0.2, 0) is 6.54 Å². The van der Waals surface area contributed by atoms with Gasteiger partial charge < -0.3 is 5.32 Å². The Morgan fingerprint density at radius 1 is 1.00 bits per heavy atom. The third-order valence-electron chi connectivity index (χ3n) is 5.10. The van der Waals surface area contributed by atoms with Gasteiger partial charge in [-0.2, -0.15) is 0 Å². The molecule has 0 aliphatic carbocycles. The zero-order chi connectivity index (χ0) is 17.5. The fourth-order valence-electron chi connectivity index (χ4n) is 3.92. The summed E-state index contributed by atoms with van der Waals surface area (Å²) < 4.78 is 0. The van der Waals surface area contributed by atoms with Crippen LogP contribution in [0.15, 0.2) is 60.7 Å². The molecule has 0 aromatic heterocycles. The van der Waals surface area contributed by atoms with Gasteiger partial charge in [-0.05, 0) is 42.9 Å². The summed E-state index contributed by atoms with van der Waals surface area (Å²) >= 11 is 0. The molecular formula is C23H32N2. The predicted molar refractivity (Wildman–Crippen MR) is 107 cm³/mol. The summed E-state index contributed by atoms with van der Waals surface area (Å²) in [5.74, 6) is 0.696. The molecule has 0 radical (unpaired) electrons. The lowest BCUT2D eigenvalue weighted by molar-refractivity contribution is 0.172. The first-order valence-electron chi connectivity index (χ1n) is 9.78. The second-order valence-corrected chi connectivity index (χ2v) is 7.82. The summed E-state index contributed by atoms with van der Waals surface area (Å²) in [5.41, 5.74) is 2.85. The largest absolute Gasteiger partial charge is 0.306 e. The minimum atomic E-state index is 0.461. The van der Waals surface area contributed by atoms with E-state index in [4.69, 9.17) is 0 Å². The Labute approximate surface area is 153 Å². The monoisotopic (exact) mass is 336 g/mol. The van der Waals surface area contributed by atoms with E-state index in [2.05, 4.69) is 84.7 Å². The molecule has 0 bridgehead atoms. The van der Waals surface area contributed by atoms with Crippen LogP contribution in [-0.4, -0.2) is 24.0 Å². The van der Waals surface area contributed by atoms with Gasteiger partial charge in [0.2, 0.25) is 0 Å². The van der Waals surface area contributed by atoms with Crippen molar-refractivity contribution in [1.29, 1.82) is 0 Å². The molecule has 2 aromatic rings. The van der Waals surface area contributed by atoms with E-state index >= 15 is 0 Å². The molecule has 0 saturated carbocycles. The van der Waals surface area contributed by atoms with Crippen LogP contribution in [0.1, 0.15) is 50.3 Å². The number of hydrogen-bond acceptors (Lipinski definition) is 2. The van der Waals surface area contributed by atoms with E-state index in [1.54, 1.807) is 0 Å². The Bertz CT molecular complexity index is 609. The normalized spacial score (nSPS) is 19.9. The number of nitrogens with zero attached hydrogens (tertiary/aromatic N) is 1. The summed E-state index contributed by atoms with van der Waals surface area (Å²) in [7, 11) is 0. The van der Waals surface area contributed by atoms with Gasteiger partial charge in [0.15, 0.2) is 0 Å². The molecule has 1 N–H and O–H groups in total. The molecule has 1 aliphatic heterocycles. The molecule has 2 aromatic carbocycles. The van der Waals surface area contributed by atoms with Crippen molar-refractivity contribution in [2.24, 2.45) is 5.92 Å². The standard InChI is InChI=1S/C23H32N2/c1-19(2)16-23(21-12-7-4-8-13-21)24-22-14-9-15-25(18-22)17-20-10-5-3-6-11-20/h3-8,10-13,19,22-24H,9,14-18H2,1-2H3. The number of hydrogen-bond donors (Lipinski definition) is 1. The van der Waals surface area contributed by atoms with Crippen LogP contribution in [0.5, 0.6) is 0 Å². The number of rotatable bonds is 7. The highest BCUT2D eigenvalue weighted by atomic mass is 15.2. The lowest BCUT2D eigenvalue weighted by Gasteiger charge is -2.36. The van der Waals surface area contributed by atoms with Gasteiger partial charge in [0.25, 0.3) is 0 Å².